The van der Waals surface area contributed by atoms with Gasteiger partial charge in [-0.05, 0) is 31.9 Å². The number of hydrogen-bond donors (Lipinski definition) is 1. The molecule has 0 radical (unpaired) electrons. The maximum absolute atomic E-state index is 13.8. The van der Waals surface area contributed by atoms with Gasteiger partial charge in [0, 0.05) is 37.6 Å². The minimum atomic E-state index is -0.463. The number of imidazole rings is 1. The zero-order valence-corrected chi connectivity index (χ0v) is 20.7. The number of aryl methyl sites for hydroxylation is 1. The van der Waals surface area contributed by atoms with E-state index in [2.05, 4.69) is 21.7 Å². The Hall–Kier alpha value is -4.10. The quantitative estimate of drug-likeness (QED) is 0.424. The Kier molecular flexibility index (Phi) is 6.24. The molecule has 10 nitrogen and oxygen atoms in total. The lowest BCUT2D eigenvalue weighted by molar-refractivity contribution is 0.418. The van der Waals surface area contributed by atoms with E-state index in [0.717, 1.165) is 30.3 Å². The number of hydrogen-bond acceptors (Lipinski definition) is 7. The van der Waals surface area contributed by atoms with E-state index in [-0.39, 0.29) is 19.1 Å². The predicted molar refractivity (Wildman–Crippen MR) is 140 cm³/mol. The molecule has 0 bridgehead atoms. The molecule has 1 fully saturated rings. The molecule has 2 N–H and O–H groups in total. The molecule has 1 aliphatic rings. The minimum absolute atomic E-state index is 0.00278. The van der Waals surface area contributed by atoms with Crippen molar-refractivity contribution in [1.82, 2.24) is 23.7 Å². The van der Waals surface area contributed by atoms with Crippen LogP contribution in [0.15, 0.2) is 39.9 Å². The molecule has 0 aliphatic carbocycles. The lowest BCUT2D eigenvalue weighted by atomic mass is 10.1. The van der Waals surface area contributed by atoms with Crippen molar-refractivity contribution < 1.29 is 4.74 Å². The van der Waals surface area contributed by atoms with Gasteiger partial charge in [-0.1, -0.05) is 18.1 Å². The molecule has 1 atom stereocenters. The van der Waals surface area contributed by atoms with Crippen LogP contribution in [-0.4, -0.2) is 49.9 Å². The number of methoxy groups -OCH3 is 1. The number of para-hydroxylation sites is 1. The zero-order valence-electron chi connectivity index (χ0n) is 20.7. The molecule has 10 heteroatoms. The van der Waals surface area contributed by atoms with Gasteiger partial charge in [0.15, 0.2) is 11.2 Å². The van der Waals surface area contributed by atoms with E-state index in [0.29, 0.717) is 35.1 Å². The molecule has 1 unspecified atom stereocenters. The maximum Gasteiger partial charge on any atom is 0.332 e. The molecule has 1 saturated heterocycles. The van der Waals surface area contributed by atoms with Crippen LogP contribution in [0.25, 0.3) is 22.1 Å². The third kappa shape index (κ3) is 4.01. The molecule has 36 heavy (non-hydrogen) atoms. The number of benzene rings is 1. The number of nitrogens with zero attached hydrogens (tertiary/aromatic N) is 6. The molecule has 186 valence electrons. The number of anilines is 1. The van der Waals surface area contributed by atoms with Crippen molar-refractivity contribution in [3.8, 4) is 17.6 Å². The van der Waals surface area contributed by atoms with Crippen molar-refractivity contribution in [2.45, 2.75) is 38.9 Å². The summed E-state index contributed by atoms with van der Waals surface area (Å²) < 4.78 is 9.96. The second-order valence-corrected chi connectivity index (χ2v) is 9.01. The fourth-order valence-corrected chi connectivity index (χ4v) is 4.85. The molecule has 0 spiro atoms. The van der Waals surface area contributed by atoms with Crippen molar-refractivity contribution in [3.63, 3.8) is 0 Å². The fourth-order valence-electron chi connectivity index (χ4n) is 4.85. The molecule has 0 amide bonds. The first kappa shape index (κ1) is 23.6. The summed E-state index contributed by atoms with van der Waals surface area (Å²) >= 11 is 0. The van der Waals surface area contributed by atoms with E-state index < -0.39 is 11.2 Å². The second kappa shape index (κ2) is 9.51. The SMILES string of the molecule is CC#CCn1c(N2CCCC(N)C2)nc2c1c(=O)n(Cc1cc(OC)c3ccccc3n1)c(=O)n2C. The first-order chi connectivity index (χ1) is 17.4. The van der Waals surface area contributed by atoms with Crippen LogP contribution in [0.2, 0.25) is 0 Å². The van der Waals surface area contributed by atoms with Crippen LogP contribution in [0.4, 0.5) is 5.95 Å². The molecular weight excluding hydrogens is 458 g/mol. The van der Waals surface area contributed by atoms with Gasteiger partial charge in [0.1, 0.15) is 5.75 Å². The number of pyridine rings is 1. The van der Waals surface area contributed by atoms with E-state index in [1.54, 1.807) is 31.7 Å². The lowest BCUT2D eigenvalue weighted by Gasteiger charge is -2.31. The molecule has 0 saturated carbocycles. The van der Waals surface area contributed by atoms with Crippen LogP contribution in [0.3, 0.4) is 0 Å². The standard InChI is InChI=1S/C26H29N7O3/c1-4-5-13-32-22-23(29-25(32)31-12-8-9-17(27)15-31)30(2)26(35)33(24(22)34)16-18-14-21(36-3)19-10-6-7-11-20(19)28-18/h6-7,10-11,14,17H,8-9,12-13,15-16,27H2,1-3H3. The van der Waals surface area contributed by atoms with Crippen LogP contribution in [0.1, 0.15) is 25.5 Å². The summed E-state index contributed by atoms with van der Waals surface area (Å²) in [7, 11) is 3.22. The average Bonchev–Trinajstić information content (AvgIpc) is 3.28. The highest BCUT2D eigenvalue weighted by atomic mass is 16.5. The van der Waals surface area contributed by atoms with Gasteiger partial charge in [0.2, 0.25) is 5.95 Å². The smallest absolute Gasteiger partial charge is 0.332 e. The van der Waals surface area contributed by atoms with Crippen LogP contribution in [-0.2, 0) is 20.1 Å². The Morgan fingerprint density at radius 1 is 1.19 bits per heavy atom. The highest BCUT2D eigenvalue weighted by Crippen LogP contribution is 2.26. The fraction of sp³-hybridized carbons (Fsp3) is 0.385. The third-order valence-corrected chi connectivity index (χ3v) is 6.64. The summed E-state index contributed by atoms with van der Waals surface area (Å²) in [5.74, 6) is 7.19. The lowest BCUT2D eigenvalue weighted by Crippen LogP contribution is -2.44. The number of aromatic nitrogens is 5. The van der Waals surface area contributed by atoms with Crippen LogP contribution < -0.4 is 26.6 Å². The van der Waals surface area contributed by atoms with Gasteiger partial charge in [0.25, 0.3) is 5.56 Å². The van der Waals surface area contributed by atoms with Crippen LogP contribution >= 0.6 is 0 Å². The van der Waals surface area contributed by atoms with Crippen LogP contribution in [0, 0.1) is 11.8 Å². The largest absolute Gasteiger partial charge is 0.496 e. The summed E-state index contributed by atoms with van der Waals surface area (Å²) in [6.45, 7) is 3.44. The topological polar surface area (TPSA) is 113 Å². The van der Waals surface area contributed by atoms with Gasteiger partial charge in [-0.25, -0.2) is 4.79 Å². The van der Waals surface area contributed by atoms with E-state index in [1.165, 1.54) is 9.13 Å². The third-order valence-electron chi connectivity index (χ3n) is 6.64. The Bertz CT molecular complexity index is 1640. The number of ether oxygens (including phenoxy) is 1. The molecule has 3 aromatic heterocycles. The first-order valence-corrected chi connectivity index (χ1v) is 12.0. The Labute approximate surface area is 207 Å². The zero-order chi connectivity index (χ0) is 25.4. The van der Waals surface area contributed by atoms with E-state index in [9.17, 15) is 9.59 Å². The number of fused-ring (bicyclic) bond motifs is 2. The predicted octanol–water partition coefficient (Wildman–Crippen LogP) is 1.45. The van der Waals surface area contributed by atoms with Gasteiger partial charge in [0.05, 0.1) is 31.4 Å². The van der Waals surface area contributed by atoms with Crippen molar-refractivity contribution in [2.24, 2.45) is 12.8 Å². The van der Waals surface area contributed by atoms with E-state index in [1.807, 2.05) is 24.3 Å². The number of rotatable bonds is 5. The summed E-state index contributed by atoms with van der Waals surface area (Å²) in [6, 6.07) is 9.38. The second-order valence-electron chi connectivity index (χ2n) is 9.01. The van der Waals surface area contributed by atoms with Gasteiger partial charge in [-0.3, -0.25) is 23.5 Å². The molecule has 1 aromatic carbocycles. The monoisotopic (exact) mass is 487 g/mol. The highest BCUT2D eigenvalue weighted by molar-refractivity contribution is 5.85. The molecule has 4 heterocycles. The Morgan fingerprint density at radius 2 is 2.00 bits per heavy atom. The number of nitrogens with two attached hydrogens (primary N) is 1. The van der Waals surface area contributed by atoms with Gasteiger partial charge < -0.3 is 15.4 Å². The van der Waals surface area contributed by atoms with Crippen molar-refractivity contribution in [3.05, 3.63) is 56.9 Å². The van der Waals surface area contributed by atoms with Crippen molar-refractivity contribution >= 4 is 28.0 Å². The summed E-state index contributed by atoms with van der Waals surface area (Å²) in [4.78, 5) is 38.6. The molecule has 5 rings (SSSR count). The maximum atomic E-state index is 13.8. The average molecular weight is 488 g/mol. The Morgan fingerprint density at radius 3 is 2.75 bits per heavy atom. The summed E-state index contributed by atoms with van der Waals surface area (Å²) in [6.07, 6.45) is 1.88. The first-order valence-electron chi connectivity index (χ1n) is 12.0. The molecular formula is C26H29N7O3. The van der Waals surface area contributed by atoms with Crippen molar-refractivity contribution in [1.29, 1.82) is 0 Å². The summed E-state index contributed by atoms with van der Waals surface area (Å²) in [5, 5.41) is 0.861. The van der Waals surface area contributed by atoms with Gasteiger partial charge >= 0.3 is 5.69 Å². The molecule has 1 aliphatic heterocycles. The minimum Gasteiger partial charge on any atom is -0.496 e. The highest BCUT2D eigenvalue weighted by Gasteiger charge is 2.26. The molecule has 4 aromatic rings. The van der Waals surface area contributed by atoms with Crippen LogP contribution in [0.5, 0.6) is 5.75 Å². The normalized spacial score (nSPS) is 15.8. The summed E-state index contributed by atoms with van der Waals surface area (Å²) in [5.41, 5.74) is 7.26. The Balaban J connectivity index is 1.69. The van der Waals surface area contributed by atoms with E-state index >= 15 is 0 Å². The number of piperidine rings is 1. The van der Waals surface area contributed by atoms with Crippen molar-refractivity contribution in [2.75, 3.05) is 25.1 Å². The van der Waals surface area contributed by atoms with Gasteiger partial charge in [-0.2, -0.15) is 4.98 Å². The van der Waals surface area contributed by atoms with Gasteiger partial charge in [-0.15, -0.1) is 5.92 Å². The van der Waals surface area contributed by atoms with E-state index in [4.69, 9.17) is 15.5 Å².